The molecule has 0 N–H and O–H groups in total. The van der Waals surface area contributed by atoms with E-state index in [1.54, 1.807) is 0 Å². The second kappa shape index (κ2) is 11.5. The zero-order valence-electron chi connectivity index (χ0n) is 16.2. The van der Waals surface area contributed by atoms with Crippen molar-refractivity contribution in [3.05, 3.63) is 116 Å². The van der Waals surface area contributed by atoms with Crippen molar-refractivity contribution in [2.24, 2.45) is 0 Å². The number of benzene rings is 3. The van der Waals surface area contributed by atoms with Crippen molar-refractivity contribution in [1.82, 2.24) is 9.97 Å². The maximum Gasteiger partial charge on any atom is 0.176 e. The third-order valence-corrected chi connectivity index (χ3v) is 6.15. The zero-order chi connectivity index (χ0) is 23.1. The van der Waals surface area contributed by atoms with Gasteiger partial charge in [0.15, 0.2) is 23.3 Å². The number of aromatic nitrogens is 2. The Hall–Kier alpha value is -2.34. The van der Waals surface area contributed by atoms with Gasteiger partial charge in [-0.2, -0.15) is 0 Å². The topological polar surface area (TPSA) is 25.8 Å². The third-order valence-electron chi connectivity index (χ3n) is 4.26. The molecular formula is C24H14F4I2N2. The Kier molecular flexibility index (Phi) is 8.74. The van der Waals surface area contributed by atoms with Crippen molar-refractivity contribution in [1.29, 1.82) is 0 Å². The maximum absolute atomic E-state index is 12.6. The minimum atomic E-state index is -1.35. The fourth-order valence-electron chi connectivity index (χ4n) is 2.63. The van der Waals surface area contributed by atoms with Crippen molar-refractivity contribution in [2.45, 2.75) is 0 Å². The highest BCUT2D eigenvalue weighted by Crippen LogP contribution is 2.26. The molecule has 0 saturated heterocycles. The molecule has 5 rings (SSSR count). The van der Waals surface area contributed by atoms with Crippen molar-refractivity contribution in [3.8, 4) is 0 Å². The maximum atomic E-state index is 12.6. The average Bonchev–Trinajstić information content (AvgIpc) is 2.86. The van der Waals surface area contributed by atoms with Gasteiger partial charge < -0.3 is 0 Å². The molecule has 2 aromatic heterocycles. The monoisotopic (exact) mass is 660 g/mol. The molecule has 8 heteroatoms. The van der Waals surface area contributed by atoms with Crippen LogP contribution in [0.25, 0.3) is 21.5 Å². The molecule has 0 aliphatic carbocycles. The predicted octanol–water partition coefficient (Wildman–Crippen LogP) is 7.92. The molecule has 0 aliphatic rings. The summed E-state index contributed by atoms with van der Waals surface area (Å²) in [5.41, 5.74) is 0. The molecule has 0 radical (unpaired) electrons. The van der Waals surface area contributed by atoms with Gasteiger partial charge in [0.25, 0.3) is 0 Å². The van der Waals surface area contributed by atoms with E-state index >= 15 is 0 Å². The molecule has 0 amide bonds. The lowest BCUT2D eigenvalue weighted by Crippen LogP contribution is -2.02. The minimum absolute atomic E-state index is 0.664. The first kappa shape index (κ1) is 24.3. The Bertz CT molecular complexity index is 1060. The number of fused-ring (bicyclic) bond motifs is 2. The molecule has 0 atom stereocenters. The summed E-state index contributed by atoms with van der Waals surface area (Å²) in [5, 5.41) is 4.89. The molecule has 162 valence electrons. The van der Waals surface area contributed by atoms with E-state index in [9.17, 15) is 17.6 Å². The lowest BCUT2D eigenvalue weighted by molar-refractivity contribution is 0.437. The van der Waals surface area contributed by atoms with Gasteiger partial charge >= 0.3 is 0 Å². The van der Waals surface area contributed by atoms with Crippen LogP contribution in [-0.4, -0.2) is 9.97 Å². The van der Waals surface area contributed by atoms with Crippen molar-refractivity contribution in [2.75, 3.05) is 0 Å². The fourth-order valence-corrected chi connectivity index (χ4v) is 3.58. The van der Waals surface area contributed by atoms with Crippen molar-refractivity contribution >= 4 is 66.7 Å². The van der Waals surface area contributed by atoms with Crippen LogP contribution in [0, 0.1) is 30.4 Å². The Morgan fingerprint density at radius 1 is 0.469 bits per heavy atom. The van der Waals surface area contributed by atoms with Crippen LogP contribution in [0.1, 0.15) is 0 Å². The molecule has 2 nitrogen and oxygen atoms in total. The average molecular weight is 660 g/mol. The highest BCUT2D eigenvalue weighted by atomic mass is 127. The third kappa shape index (κ3) is 5.91. The molecule has 0 aliphatic heterocycles. The second-order valence-corrected chi connectivity index (χ2v) is 8.49. The number of halogens is 6. The van der Waals surface area contributed by atoms with Crippen molar-refractivity contribution in [3.63, 3.8) is 0 Å². The number of nitrogens with zero attached hydrogens (tertiary/aromatic N) is 2. The number of rotatable bonds is 0. The first-order valence-electron chi connectivity index (χ1n) is 9.14. The van der Waals surface area contributed by atoms with Gasteiger partial charge in [0.2, 0.25) is 0 Å². The zero-order valence-corrected chi connectivity index (χ0v) is 20.6. The summed E-state index contributed by atoms with van der Waals surface area (Å²) < 4.78 is 49.2. The van der Waals surface area contributed by atoms with Gasteiger partial charge in [0.05, 0.1) is 7.14 Å². The number of hydrogen-bond acceptors (Lipinski definition) is 2. The van der Waals surface area contributed by atoms with E-state index in [1.807, 2.05) is 61.2 Å². The first-order valence-corrected chi connectivity index (χ1v) is 11.3. The Morgan fingerprint density at radius 2 is 0.781 bits per heavy atom. The summed E-state index contributed by atoms with van der Waals surface area (Å²) >= 11 is 2.41. The van der Waals surface area contributed by atoms with Crippen LogP contribution in [0.2, 0.25) is 0 Å². The molecule has 0 bridgehead atoms. The Labute approximate surface area is 209 Å². The lowest BCUT2D eigenvalue weighted by Gasteiger charge is -2.02. The summed E-state index contributed by atoms with van der Waals surface area (Å²) in [6.45, 7) is 0. The molecule has 5 aromatic rings. The van der Waals surface area contributed by atoms with Gasteiger partial charge in [0.1, 0.15) is 0 Å². The SMILES string of the molecule is Fc1c(F)c(I)c(F)c(F)c1I.c1ccc2cnccc2c1.c1ccc2cnccc2c1. The van der Waals surface area contributed by atoms with Crippen LogP contribution in [0.5, 0.6) is 0 Å². The molecule has 0 fully saturated rings. The molecule has 32 heavy (non-hydrogen) atoms. The summed E-state index contributed by atoms with van der Waals surface area (Å²) in [7, 11) is 0. The molecule has 0 spiro atoms. The van der Waals surface area contributed by atoms with Crippen LogP contribution < -0.4 is 0 Å². The fraction of sp³-hybridized carbons (Fsp3) is 0. The summed E-state index contributed by atoms with van der Waals surface area (Å²) in [6.07, 6.45) is 7.36. The van der Waals surface area contributed by atoms with E-state index in [4.69, 9.17) is 0 Å². The quantitative estimate of drug-likeness (QED) is 0.0731. The molecule has 0 unspecified atom stereocenters. The van der Waals surface area contributed by atoms with E-state index in [-0.39, 0.29) is 0 Å². The molecule has 3 aromatic carbocycles. The van der Waals surface area contributed by atoms with Gasteiger partial charge in [-0.15, -0.1) is 0 Å². The normalized spacial score (nSPS) is 10.2. The Morgan fingerprint density at radius 3 is 1.09 bits per heavy atom. The van der Waals surface area contributed by atoms with E-state index in [2.05, 4.69) is 34.2 Å². The standard InChI is InChI=1S/2C9H7N.C6F4I2/c2*1-2-4-9-7-10-6-5-8(9)3-1;7-1-2(8)6(12)4(10)3(9)5(1)11/h2*1-7H;. The molecular weight excluding hydrogens is 646 g/mol. The summed E-state index contributed by atoms with van der Waals surface area (Å²) in [4.78, 5) is 8.03. The minimum Gasteiger partial charge on any atom is -0.264 e. The van der Waals surface area contributed by atoms with Crippen molar-refractivity contribution < 1.29 is 17.6 Å². The van der Waals surface area contributed by atoms with Crippen LogP contribution in [-0.2, 0) is 0 Å². The van der Waals surface area contributed by atoms with Crippen LogP contribution >= 0.6 is 45.2 Å². The second-order valence-electron chi connectivity index (χ2n) is 6.33. The van der Waals surface area contributed by atoms with Crippen LogP contribution in [0.4, 0.5) is 17.6 Å². The van der Waals surface area contributed by atoms with E-state index in [0.29, 0.717) is 0 Å². The van der Waals surface area contributed by atoms with Gasteiger partial charge in [-0.05, 0) is 78.9 Å². The Balaban J connectivity index is 0.000000136. The first-order chi connectivity index (χ1) is 15.4. The van der Waals surface area contributed by atoms with Gasteiger partial charge in [-0.25, -0.2) is 17.6 Å². The largest absolute Gasteiger partial charge is 0.264 e. The van der Waals surface area contributed by atoms with Crippen LogP contribution in [0.15, 0.2) is 85.5 Å². The van der Waals surface area contributed by atoms with E-state index in [0.717, 1.165) is 0 Å². The smallest absolute Gasteiger partial charge is 0.176 e. The lowest BCUT2D eigenvalue weighted by atomic mass is 10.2. The summed E-state index contributed by atoms with van der Waals surface area (Å²) in [5.74, 6) is -5.39. The van der Waals surface area contributed by atoms with Crippen LogP contribution in [0.3, 0.4) is 0 Å². The van der Waals surface area contributed by atoms with Gasteiger partial charge in [-0.1, -0.05) is 48.5 Å². The highest BCUT2D eigenvalue weighted by Gasteiger charge is 2.21. The number of hydrogen-bond donors (Lipinski definition) is 0. The van der Waals surface area contributed by atoms with Gasteiger partial charge in [0, 0.05) is 24.8 Å². The molecule has 2 heterocycles. The van der Waals surface area contributed by atoms with Gasteiger partial charge in [-0.3, -0.25) is 9.97 Å². The predicted molar refractivity (Wildman–Crippen MR) is 135 cm³/mol. The number of pyridine rings is 2. The van der Waals surface area contributed by atoms with E-state index in [1.165, 1.54) is 66.7 Å². The van der Waals surface area contributed by atoms with E-state index < -0.39 is 30.4 Å². The summed E-state index contributed by atoms with van der Waals surface area (Å²) in [6, 6.07) is 20.4. The highest BCUT2D eigenvalue weighted by molar-refractivity contribution is 14.1. The molecule has 0 saturated carbocycles.